The van der Waals surface area contributed by atoms with Crippen molar-refractivity contribution in [1.82, 2.24) is 0 Å². The third-order valence-electron chi connectivity index (χ3n) is 3.57. The number of ether oxygens (including phenoxy) is 2. The van der Waals surface area contributed by atoms with Crippen LogP contribution in [0.5, 0.6) is 17.2 Å². The van der Waals surface area contributed by atoms with Gasteiger partial charge in [-0.05, 0) is 25.7 Å². The van der Waals surface area contributed by atoms with Crippen LogP contribution in [0.25, 0.3) is 0 Å². The highest BCUT2D eigenvalue weighted by atomic mass is 16.5. The second kappa shape index (κ2) is 9.01. The minimum atomic E-state index is -0.797. The molecule has 0 amide bonds. The van der Waals surface area contributed by atoms with Crippen LogP contribution < -0.4 is 4.74 Å². The molecule has 2 N–H and O–H groups in total. The van der Waals surface area contributed by atoms with E-state index >= 15 is 0 Å². The van der Waals surface area contributed by atoms with Gasteiger partial charge in [0.25, 0.3) is 0 Å². The molecular weight excluding hydrogens is 308 g/mol. The van der Waals surface area contributed by atoms with Crippen molar-refractivity contribution in [3.05, 3.63) is 41.0 Å². The number of methoxy groups -OCH3 is 2. The first-order chi connectivity index (χ1) is 11.3. The molecule has 0 saturated carbocycles. The zero-order chi connectivity index (χ0) is 18.3. The van der Waals surface area contributed by atoms with E-state index in [1.165, 1.54) is 20.3 Å². The lowest BCUT2D eigenvalue weighted by molar-refractivity contribution is 0.0593. The molecule has 0 fully saturated rings. The lowest BCUT2D eigenvalue weighted by Crippen LogP contribution is -2.05. The van der Waals surface area contributed by atoms with Gasteiger partial charge >= 0.3 is 5.97 Å². The molecule has 1 aromatic carbocycles. The maximum atomic E-state index is 11.7. The van der Waals surface area contributed by atoms with Gasteiger partial charge in [0, 0.05) is 11.6 Å². The van der Waals surface area contributed by atoms with E-state index in [9.17, 15) is 15.0 Å². The fourth-order valence-corrected chi connectivity index (χ4v) is 2.24. The summed E-state index contributed by atoms with van der Waals surface area (Å²) in [5.74, 6) is -0.670. The summed E-state index contributed by atoms with van der Waals surface area (Å²) >= 11 is 0. The molecule has 0 radical (unpaired) electrons. The molecule has 5 nitrogen and oxygen atoms in total. The summed E-state index contributed by atoms with van der Waals surface area (Å²) in [7, 11) is 2.63. The van der Waals surface area contributed by atoms with Crippen LogP contribution in [0.3, 0.4) is 0 Å². The Balaban J connectivity index is 3.12. The van der Waals surface area contributed by atoms with E-state index in [1.54, 1.807) is 0 Å². The Morgan fingerprint density at radius 1 is 1.29 bits per heavy atom. The minimum Gasteiger partial charge on any atom is -0.507 e. The predicted octanol–water partition coefficient (Wildman–Crippen LogP) is 3.98. The Morgan fingerprint density at radius 3 is 2.50 bits per heavy atom. The van der Waals surface area contributed by atoms with E-state index in [-0.39, 0.29) is 17.1 Å². The molecule has 0 spiro atoms. The van der Waals surface area contributed by atoms with Gasteiger partial charge in [0.2, 0.25) is 0 Å². The highest BCUT2D eigenvalue weighted by Crippen LogP contribution is 2.38. The molecule has 0 aromatic heterocycles. The predicted molar refractivity (Wildman–Crippen MR) is 93.7 cm³/mol. The SMILES string of the molecule is COC(=O)c1c(O)cc(OC)c(C/C=C(\C)C/C=C/C(C)C)c1O. The average molecular weight is 334 g/mol. The van der Waals surface area contributed by atoms with Crippen molar-refractivity contribution in [3.8, 4) is 17.2 Å². The zero-order valence-electron chi connectivity index (χ0n) is 14.9. The molecule has 24 heavy (non-hydrogen) atoms. The van der Waals surface area contributed by atoms with Crippen LogP contribution in [-0.2, 0) is 11.2 Å². The first-order valence-corrected chi connectivity index (χ1v) is 7.84. The van der Waals surface area contributed by atoms with E-state index < -0.39 is 5.97 Å². The molecule has 0 aliphatic rings. The molecule has 0 bridgehead atoms. The summed E-state index contributed by atoms with van der Waals surface area (Å²) in [4.78, 5) is 11.7. The van der Waals surface area contributed by atoms with E-state index in [0.717, 1.165) is 12.0 Å². The lowest BCUT2D eigenvalue weighted by Gasteiger charge is -2.14. The van der Waals surface area contributed by atoms with Gasteiger partial charge in [-0.25, -0.2) is 4.79 Å². The van der Waals surface area contributed by atoms with Crippen LogP contribution in [-0.4, -0.2) is 30.4 Å². The Morgan fingerprint density at radius 2 is 1.96 bits per heavy atom. The second-order valence-corrected chi connectivity index (χ2v) is 5.92. The van der Waals surface area contributed by atoms with E-state index in [0.29, 0.717) is 23.7 Å². The van der Waals surface area contributed by atoms with Crippen LogP contribution in [0, 0.1) is 5.92 Å². The summed E-state index contributed by atoms with van der Waals surface area (Å²) < 4.78 is 9.81. The summed E-state index contributed by atoms with van der Waals surface area (Å²) in [6.45, 7) is 6.22. The van der Waals surface area contributed by atoms with Crippen molar-refractivity contribution in [2.24, 2.45) is 5.92 Å². The molecule has 0 unspecified atom stereocenters. The van der Waals surface area contributed by atoms with Crippen molar-refractivity contribution in [2.45, 2.75) is 33.6 Å². The van der Waals surface area contributed by atoms with Crippen molar-refractivity contribution in [2.75, 3.05) is 14.2 Å². The third-order valence-corrected chi connectivity index (χ3v) is 3.57. The molecule has 0 atom stereocenters. The lowest BCUT2D eigenvalue weighted by atomic mass is 10.0. The van der Waals surface area contributed by atoms with Crippen LogP contribution in [0.15, 0.2) is 29.9 Å². The molecule has 1 rings (SSSR count). The molecule has 0 aliphatic heterocycles. The van der Waals surface area contributed by atoms with Gasteiger partial charge in [0.1, 0.15) is 22.8 Å². The number of allylic oxidation sites excluding steroid dienone is 4. The Kier molecular flexibility index (Phi) is 7.36. The van der Waals surface area contributed by atoms with Gasteiger partial charge in [0.15, 0.2) is 0 Å². The van der Waals surface area contributed by atoms with E-state index in [2.05, 4.69) is 30.7 Å². The Labute approximate surface area is 143 Å². The zero-order valence-corrected chi connectivity index (χ0v) is 14.9. The third kappa shape index (κ3) is 5.05. The number of aromatic hydroxyl groups is 2. The molecule has 5 heteroatoms. The van der Waals surface area contributed by atoms with Gasteiger partial charge in [-0.2, -0.15) is 0 Å². The van der Waals surface area contributed by atoms with Gasteiger partial charge in [-0.15, -0.1) is 0 Å². The van der Waals surface area contributed by atoms with E-state index in [4.69, 9.17) is 4.74 Å². The number of rotatable bonds is 7. The van der Waals surface area contributed by atoms with Crippen LogP contribution in [0.4, 0.5) is 0 Å². The molecular formula is C19H26O5. The standard InChI is InChI=1S/C19H26O5/c1-12(2)7-6-8-13(3)9-10-14-16(23-4)11-15(20)17(18(14)21)19(22)24-5/h6-7,9,11-12,20-21H,8,10H2,1-5H3/b7-6+,13-9+. The van der Waals surface area contributed by atoms with Crippen molar-refractivity contribution in [3.63, 3.8) is 0 Å². The molecule has 1 aromatic rings. The number of phenols is 2. The summed E-state index contributed by atoms with van der Waals surface area (Å²) in [6.07, 6.45) is 7.37. The number of benzene rings is 1. The smallest absolute Gasteiger partial charge is 0.345 e. The van der Waals surface area contributed by atoms with Crippen LogP contribution in [0.1, 0.15) is 43.1 Å². The molecule has 0 heterocycles. The highest BCUT2D eigenvalue weighted by Gasteiger charge is 2.23. The van der Waals surface area contributed by atoms with Gasteiger partial charge in [0.05, 0.1) is 14.2 Å². The fourth-order valence-electron chi connectivity index (χ4n) is 2.24. The topological polar surface area (TPSA) is 76.0 Å². The number of hydrogen-bond donors (Lipinski definition) is 2. The number of carbonyl (C=O) groups is 1. The number of carbonyl (C=O) groups excluding carboxylic acids is 1. The quantitative estimate of drug-likeness (QED) is 0.582. The monoisotopic (exact) mass is 334 g/mol. The van der Waals surface area contributed by atoms with E-state index in [1.807, 2.05) is 13.0 Å². The maximum absolute atomic E-state index is 11.7. The number of esters is 1. The second-order valence-electron chi connectivity index (χ2n) is 5.92. The Hall–Kier alpha value is -2.43. The summed E-state index contributed by atoms with van der Waals surface area (Å²) in [5.41, 5.74) is 1.31. The summed E-state index contributed by atoms with van der Waals surface area (Å²) in [6, 6.07) is 1.31. The summed E-state index contributed by atoms with van der Waals surface area (Å²) in [5, 5.41) is 20.3. The molecule has 132 valence electrons. The van der Waals surface area contributed by atoms with Crippen LogP contribution >= 0.6 is 0 Å². The van der Waals surface area contributed by atoms with Crippen LogP contribution in [0.2, 0.25) is 0 Å². The Bertz CT molecular complexity index is 642. The van der Waals surface area contributed by atoms with Gasteiger partial charge in [-0.1, -0.05) is 37.6 Å². The van der Waals surface area contributed by atoms with Crippen molar-refractivity contribution < 1.29 is 24.5 Å². The first kappa shape index (κ1) is 19.6. The number of hydrogen-bond acceptors (Lipinski definition) is 5. The highest BCUT2D eigenvalue weighted by molar-refractivity contribution is 5.96. The van der Waals surface area contributed by atoms with Crippen molar-refractivity contribution in [1.29, 1.82) is 0 Å². The minimum absolute atomic E-state index is 0.251. The van der Waals surface area contributed by atoms with Gasteiger partial charge in [-0.3, -0.25) is 0 Å². The molecule has 0 saturated heterocycles. The van der Waals surface area contributed by atoms with Crippen molar-refractivity contribution >= 4 is 5.97 Å². The number of phenolic OH excluding ortho intramolecular Hbond substituents is 2. The normalized spacial score (nSPS) is 12.0. The average Bonchev–Trinajstić information content (AvgIpc) is 2.52. The fraction of sp³-hybridized carbons (Fsp3) is 0.421. The first-order valence-electron chi connectivity index (χ1n) is 7.84. The largest absolute Gasteiger partial charge is 0.507 e. The molecule has 0 aliphatic carbocycles. The van der Waals surface area contributed by atoms with Gasteiger partial charge < -0.3 is 19.7 Å². The maximum Gasteiger partial charge on any atom is 0.345 e.